The van der Waals surface area contributed by atoms with Crippen molar-refractivity contribution in [2.45, 2.75) is 58.5 Å². The second-order valence-electron chi connectivity index (χ2n) is 6.01. The van der Waals surface area contributed by atoms with Gasteiger partial charge in [-0.05, 0) is 31.1 Å². The molecule has 0 spiro atoms. The summed E-state index contributed by atoms with van der Waals surface area (Å²) < 4.78 is 1.76. The molecule has 1 heterocycles. The minimum absolute atomic E-state index is 0.527. The SMILES string of the molecule is Cn1cnc(CNC2CCCC(C)(C)CC2)n1. The molecule has 1 aromatic heterocycles. The van der Waals surface area contributed by atoms with E-state index in [1.807, 2.05) is 7.05 Å². The largest absolute Gasteiger partial charge is 0.307 e. The zero-order chi connectivity index (χ0) is 12.3. The van der Waals surface area contributed by atoms with Crippen molar-refractivity contribution in [1.82, 2.24) is 20.1 Å². The lowest BCUT2D eigenvalue weighted by Crippen LogP contribution is -2.28. The molecule has 1 atom stereocenters. The Kier molecular flexibility index (Phi) is 3.82. The third-order valence-electron chi connectivity index (χ3n) is 3.77. The van der Waals surface area contributed by atoms with Gasteiger partial charge in [0.25, 0.3) is 0 Å². The van der Waals surface area contributed by atoms with E-state index in [1.165, 1.54) is 32.1 Å². The van der Waals surface area contributed by atoms with E-state index in [4.69, 9.17) is 0 Å². The molecular weight excluding hydrogens is 212 g/mol. The standard InChI is InChI=1S/C13H24N4/c1-13(2)7-4-5-11(6-8-13)14-9-12-15-10-17(3)16-12/h10-11,14H,4-9H2,1-3H3. The summed E-state index contributed by atoms with van der Waals surface area (Å²) in [6.07, 6.45) is 8.33. The molecule has 1 saturated carbocycles. The van der Waals surface area contributed by atoms with Crippen LogP contribution in [-0.4, -0.2) is 20.8 Å². The second-order valence-corrected chi connectivity index (χ2v) is 6.01. The Morgan fingerprint density at radius 2 is 2.24 bits per heavy atom. The van der Waals surface area contributed by atoms with Gasteiger partial charge in [-0.25, -0.2) is 4.98 Å². The topological polar surface area (TPSA) is 42.7 Å². The van der Waals surface area contributed by atoms with Crippen LogP contribution in [0.5, 0.6) is 0 Å². The minimum atomic E-state index is 0.527. The van der Waals surface area contributed by atoms with Crippen LogP contribution in [0.4, 0.5) is 0 Å². The molecule has 4 nitrogen and oxygen atoms in total. The van der Waals surface area contributed by atoms with Crippen LogP contribution in [0, 0.1) is 5.41 Å². The summed E-state index contributed by atoms with van der Waals surface area (Å²) in [4.78, 5) is 4.24. The van der Waals surface area contributed by atoms with Gasteiger partial charge in [-0.3, -0.25) is 4.68 Å². The maximum Gasteiger partial charge on any atom is 0.164 e. The Balaban J connectivity index is 1.79. The molecule has 0 aromatic carbocycles. The van der Waals surface area contributed by atoms with Crippen molar-refractivity contribution in [1.29, 1.82) is 0 Å². The Labute approximate surface area is 104 Å². The van der Waals surface area contributed by atoms with Crippen molar-refractivity contribution >= 4 is 0 Å². The summed E-state index contributed by atoms with van der Waals surface area (Å²) in [5.41, 5.74) is 0.527. The third-order valence-corrected chi connectivity index (χ3v) is 3.77. The Bertz CT molecular complexity index is 356. The number of nitrogens with one attached hydrogen (secondary N) is 1. The number of hydrogen-bond acceptors (Lipinski definition) is 3. The molecule has 2 rings (SSSR count). The van der Waals surface area contributed by atoms with Crippen LogP contribution >= 0.6 is 0 Å². The molecule has 1 N–H and O–H groups in total. The van der Waals surface area contributed by atoms with Crippen LogP contribution in [0.2, 0.25) is 0 Å². The maximum atomic E-state index is 4.29. The summed E-state index contributed by atoms with van der Waals surface area (Å²) >= 11 is 0. The van der Waals surface area contributed by atoms with Crippen molar-refractivity contribution in [3.05, 3.63) is 12.2 Å². The molecule has 0 amide bonds. The predicted molar refractivity (Wildman–Crippen MR) is 68.5 cm³/mol. The first-order valence-electron chi connectivity index (χ1n) is 6.63. The van der Waals surface area contributed by atoms with Gasteiger partial charge in [0.1, 0.15) is 6.33 Å². The number of hydrogen-bond donors (Lipinski definition) is 1. The van der Waals surface area contributed by atoms with Crippen LogP contribution < -0.4 is 5.32 Å². The fraction of sp³-hybridized carbons (Fsp3) is 0.846. The minimum Gasteiger partial charge on any atom is -0.307 e. The summed E-state index contributed by atoms with van der Waals surface area (Å²) in [5.74, 6) is 0.899. The maximum absolute atomic E-state index is 4.29. The molecule has 17 heavy (non-hydrogen) atoms. The van der Waals surface area contributed by atoms with Crippen LogP contribution in [0.25, 0.3) is 0 Å². The Morgan fingerprint density at radius 1 is 1.41 bits per heavy atom. The average Bonchev–Trinajstić information content (AvgIpc) is 2.59. The molecule has 1 aliphatic rings. The van der Waals surface area contributed by atoms with E-state index in [9.17, 15) is 0 Å². The van der Waals surface area contributed by atoms with Crippen molar-refractivity contribution in [3.63, 3.8) is 0 Å². The lowest BCUT2D eigenvalue weighted by Gasteiger charge is -2.22. The molecule has 0 aliphatic heterocycles. The fourth-order valence-electron chi connectivity index (χ4n) is 2.57. The van der Waals surface area contributed by atoms with Gasteiger partial charge in [-0.1, -0.05) is 20.3 Å². The van der Waals surface area contributed by atoms with Gasteiger partial charge in [0.05, 0.1) is 6.54 Å². The third kappa shape index (κ3) is 3.80. The van der Waals surface area contributed by atoms with Crippen molar-refractivity contribution in [2.75, 3.05) is 0 Å². The molecule has 1 aliphatic carbocycles. The summed E-state index contributed by atoms with van der Waals surface area (Å²) in [6.45, 7) is 5.57. The summed E-state index contributed by atoms with van der Waals surface area (Å²) in [7, 11) is 1.91. The van der Waals surface area contributed by atoms with Gasteiger partial charge in [0.2, 0.25) is 0 Å². The van der Waals surface area contributed by atoms with Crippen molar-refractivity contribution in [2.24, 2.45) is 12.5 Å². The van der Waals surface area contributed by atoms with E-state index >= 15 is 0 Å². The van der Waals surface area contributed by atoms with Crippen LogP contribution in [-0.2, 0) is 13.6 Å². The zero-order valence-corrected chi connectivity index (χ0v) is 11.2. The highest BCUT2D eigenvalue weighted by atomic mass is 15.3. The quantitative estimate of drug-likeness (QED) is 0.819. The van der Waals surface area contributed by atoms with E-state index in [2.05, 4.69) is 29.2 Å². The lowest BCUT2D eigenvalue weighted by molar-refractivity contribution is 0.309. The number of rotatable bonds is 3. The van der Waals surface area contributed by atoms with Gasteiger partial charge < -0.3 is 5.32 Å². The molecule has 0 bridgehead atoms. The first-order valence-corrected chi connectivity index (χ1v) is 6.63. The first-order chi connectivity index (χ1) is 8.05. The monoisotopic (exact) mass is 236 g/mol. The van der Waals surface area contributed by atoms with E-state index in [0.29, 0.717) is 11.5 Å². The second kappa shape index (κ2) is 5.17. The van der Waals surface area contributed by atoms with E-state index in [0.717, 1.165) is 12.4 Å². The number of aryl methyl sites for hydroxylation is 1. The van der Waals surface area contributed by atoms with E-state index in [1.54, 1.807) is 11.0 Å². The first kappa shape index (κ1) is 12.6. The lowest BCUT2D eigenvalue weighted by atomic mass is 9.85. The summed E-state index contributed by atoms with van der Waals surface area (Å²) in [5, 5.41) is 7.88. The molecule has 1 aromatic rings. The van der Waals surface area contributed by atoms with Gasteiger partial charge >= 0.3 is 0 Å². The van der Waals surface area contributed by atoms with E-state index in [-0.39, 0.29) is 0 Å². The highest BCUT2D eigenvalue weighted by molar-refractivity contribution is 4.84. The fourth-order valence-corrected chi connectivity index (χ4v) is 2.57. The summed E-state index contributed by atoms with van der Waals surface area (Å²) in [6, 6.07) is 0.639. The highest BCUT2D eigenvalue weighted by Gasteiger charge is 2.24. The predicted octanol–water partition coefficient (Wildman–Crippen LogP) is 2.26. The molecule has 4 heteroatoms. The number of aromatic nitrogens is 3. The van der Waals surface area contributed by atoms with Crippen LogP contribution in [0.15, 0.2) is 6.33 Å². The molecule has 0 saturated heterocycles. The molecule has 96 valence electrons. The van der Waals surface area contributed by atoms with Crippen LogP contribution in [0.3, 0.4) is 0 Å². The zero-order valence-electron chi connectivity index (χ0n) is 11.2. The number of nitrogens with zero attached hydrogens (tertiary/aromatic N) is 3. The molecule has 1 fully saturated rings. The Morgan fingerprint density at radius 3 is 2.94 bits per heavy atom. The van der Waals surface area contributed by atoms with E-state index < -0.39 is 0 Å². The van der Waals surface area contributed by atoms with Crippen LogP contribution in [0.1, 0.15) is 51.8 Å². The highest BCUT2D eigenvalue weighted by Crippen LogP contribution is 2.33. The van der Waals surface area contributed by atoms with Crippen molar-refractivity contribution < 1.29 is 0 Å². The smallest absolute Gasteiger partial charge is 0.164 e. The van der Waals surface area contributed by atoms with Crippen molar-refractivity contribution in [3.8, 4) is 0 Å². The molecule has 0 radical (unpaired) electrons. The Hall–Kier alpha value is -0.900. The van der Waals surface area contributed by atoms with Gasteiger partial charge in [-0.15, -0.1) is 0 Å². The van der Waals surface area contributed by atoms with Gasteiger partial charge in [0.15, 0.2) is 5.82 Å². The molecular formula is C13H24N4. The van der Waals surface area contributed by atoms with Gasteiger partial charge in [-0.2, -0.15) is 5.10 Å². The average molecular weight is 236 g/mol. The van der Waals surface area contributed by atoms with Gasteiger partial charge in [0, 0.05) is 13.1 Å². The normalized spacial score (nSPS) is 24.5. The molecule has 1 unspecified atom stereocenters.